The Morgan fingerprint density at radius 3 is 2.45 bits per heavy atom. The van der Waals surface area contributed by atoms with Crippen molar-refractivity contribution in [3.63, 3.8) is 0 Å². The van der Waals surface area contributed by atoms with E-state index in [2.05, 4.69) is 10.4 Å². The summed E-state index contributed by atoms with van der Waals surface area (Å²) in [5.41, 5.74) is 0.662. The number of carbonyl (C=O) groups is 1. The molecule has 1 aromatic heterocycles. The van der Waals surface area contributed by atoms with Gasteiger partial charge in [0, 0.05) is 25.6 Å². The van der Waals surface area contributed by atoms with Gasteiger partial charge in [0.2, 0.25) is 0 Å². The third kappa shape index (κ3) is 4.15. The molecule has 168 valence electrons. The smallest absolute Gasteiger partial charge is 0.410 e. The van der Waals surface area contributed by atoms with Gasteiger partial charge in [-0.2, -0.15) is 18.3 Å². The van der Waals surface area contributed by atoms with Crippen molar-refractivity contribution in [3.8, 4) is 11.5 Å². The maximum Gasteiger partial charge on any atom is 0.410 e. The third-order valence-corrected chi connectivity index (χ3v) is 5.86. The molecular weight excluding hydrogens is 413 g/mol. The van der Waals surface area contributed by atoms with Crippen LogP contribution in [-0.2, 0) is 0 Å². The van der Waals surface area contributed by atoms with Gasteiger partial charge in [0.05, 0.1) is 20.3 Å². The van der Waals surface area contributed by atoms with E-state index >= 15 is 0 Å². The normalized spacial score (nSPS) is 21.3. The zero-order valence-electron chi connectivity index (χ0n) is 17.4. The Hall–Kier alpha value is -2.91. The van der Waals surface area contributed by atoms with Crippen LogP contribution in [0, 0.1) is 0 Å². The fourth-order valence-corrected chi connectivity index (χ4v) is 4.23. The SMILES string of the molecule is COc1ccc([C@H]2C[C@@H](C(F)(F)F)n3nc(C(=O)N4CCCCC4)cc3N2)cc1OC. The Labute approximate surface area is 178 Å². The molecule has 4 rings (SSSR count). The van der Waals surface area contributed by atoms with Gasteiger partial charge in [0.1, 0.15) is 5.82 Å². The number of hydrogen-bond acceptors (Lipinski definition) is 5. The molecule has 0 saturated carbocycles. The van der Waals surface area contributed by atoms with E-state index < -0.39 is 18.3 Å². The van der Waals surface area contributed by atoms with Crippen molar-refractivity contribution in [1.82, 2.24) is 14.7 Å². The van der Waals surface area contributed by atoms with Crippen molar-refractivity contribution in [3.05, 3.63) is 35.5 Å². The van der Waals surface area contributed by atoms with Crippen molar-refractivity contribution in [2.24, 2.45) is 0 Å². The maximum absolute atomic E-state index is 13.9. The maximum atomic E-state index is 13.9. The Morgan fingerprint density at radius 1 is 1.10 bits per heavy atom. The lowest BCUT2D eigenvalue weighted by molar-refractivity contribution is -0.173. The van der Waals surface area contributed by atoms with Crippen LogP contribution in [0.1, 0.15) is 53.8 Å². The molecule has 1 N–H and O–H groups in total. The van der Waals surface area contributed by atoms with E-state index in [1.807, 2.05) is 0 Å². The predicted octanol–water partition coefficient (Wildman–Crippen LogP) is 4.19. The number of alkyl halides is 3. The number of rotatable bonds is 4. The second-order valence-electron chi connectivity index (χ2n) is 7.82. The van der Waals surface area contributed by atoms with E-state index in [9.17, 15) is 18.0 Å². The molecule has 0 radical (unpaired) electrons. The van der Waals surface area contributed by atoms with Crippen molar-refractivity contribution in [1.29, 1.82) is 0 Å². The summed E-state index contributed by atoms with van der Waals surface area (Å²) in [7, 11) is 2.97. The summed E-state index contributed by atoms with van der Waals surface area (Å²) in [5, 5.41) is 7.18. The van der Waals surface area contributed by atoms with Gasteiger partial charge in [-0.3, -0.25) is 4.79 Å². The molecule has 0 unspecified atom stereocenters. The van der Waals surface area contributed by atoms with Crippen LogP contribution in [0.5, 0.6) is 11.5 Å². The minimum Gasteiger partial charge on any atom is -0.493 e. The zero-order chi connectivity index (χ0) is 22.2. The average molecular weight is 438 g/mol. The quantitative estimate of drug-likeness (QED) is 0.776. The van der Waals surface area contributed by atoms with Gasteiger partial charge in [0.15, 0.2) is 23.2 Å². The van der Waals surface area contributed by atoms with E-state index in [1.165, 1.54) is 20.3 Å². The number of ether oxygens (including phenoxy) is 2. The Bertz CT molecular complexity index is 954. The lowest BCUT2D eigenvalue weighted by Gasteiger charge is -2.33. The fourth-order valence-electron chi connectivity index (χ4n) is 4.23. The van der Waals surface area contributed by atoms with Crippen molar-refractivity contribution >= 4 is 11.7 Å². The van der Waals surface area contributed by atoms with E-state index in [-0.39, 0.29) is 23.8 Å². The first kappa shape index (κ1) is 21.3. The molecule has 3 heterocycles. The van der Waals surface area contributed by atoms with E-state index in [0.29, 0.717) is 30.2 Å². The Kier molecular flexibility index (Phi) is 5.72. The minimum absolute atomic E-state index is 0.0339. The number of benzene rings is 1. The van der Waals surface area contributed by atoms with Crippen LogP contribution in [0.15, 0.2) is 24.3 Å². The molecule has 2 atom stereocenters. The molecule has 31 heavy (non-hydrogen) atoms. The molecule has 0 bridgehead atoms. The van der Waals surface area contributed by atoms with Gasteiger partial charge in [-0.05, 0) is 37.0 Å². The molecule has 0 aliphatic carbocycles. The van der Waals surface area contributed by atoms with E-state index in [4.69, 9.17) is 9.47 Å². The predicted molar refractivity (Wildman–Crippen MR) is 108 cm³/mol. The number of carbonyl (C=O) groups excluding carboxylic acids is 1. The number of piperidine rings is 1. The molecule has 2 aliphatic heterocycles. The first-order valence-electron chi connectivity index (χ1n) is 10.3. The molecule has 7 nitrogen and oxygen atoms in total. The number of anilines is 1. The molecule has 1 aromatic carbocycles. The second kappa shape index (κ2) is 8.32. The highest BCUT2D eigenvalue weighted by Gasteiger charge is 2.47. The van der Waals surface area contributed by atoms with Crippen LogP contribution in [0.25, 0.3) is 0 Å². The number of nitrogens with zero attached hydrogens (tertiary/aromatic N) is 3. The fraction of sp³-hybridized carbons (Fsp3) is 0.524. The second-order valence-corrected chi connectivity index (χ2v) is 7.82. The lowest BCUT2D eigenvalue weighted by Crippen LogP contribution is -2.37. The number of amides is 1. The number of nitrogens with one attached hydrogen (secondary N) is 1. The topological polar surface area (TPSA) is 68.6 Å². The molecule has 0 spiro atoms. The van der Waals surface area contributed by atoms with Gasteiger partial charge < -0.3 is 19.7 Å². The largest absolute Gasteiger partial charge is 0.493 e. The van der Waals surface area contributed by atoms with E-state index in [1.54, 1.807) is 23.1 Å². The summed E-state index contributed by atoms with van der Waals surface area (Å²) in [5.74, 6) is 0.778. The highest BCUT2D eigenvalue weighted by Crippen LogP contribution is 2.44. The summed E-state index contributed by atoms with van der Waals surface area (Å²) in [6.45, 7) is 1.21. The van der Waals surface area contributed by atoms with Crippen LogP contribution in [-0.4, -0.2) is 54.1 Å². The van der Waals surface area contributed by atoms with Gasteiger partial charge in [-0.25, -0.2) is 4.68 Å². The molecular formula is C21H25F3N4O3. The third-order valence-electron chi connectivity index (χ3n) is 5.86. The number of likely N-dealkylation sites (tertiary alicyclic amines) is 1. The minimum atomic E-state index is -4.51. The number of aromatic nitrogens is 2. The highest BCUT2D eigenvalue weighted by molar-refractivity contribution is 5.93. The summed E-state index contributed by atoms with van der Waals surface area (Å²) >= 11 is 0. The van der Waals surface area contributed by atoms with Gasteiger partial charge in [-0.1, -0.05) is 6.07 Å². The van der Waals surface area contributed by atoms with Gasteiger partial charge in [0.25, 0.3) is 5.91 Å². The summed E-state index contributed by atoms with van der Waals surface area (Å²) in [6.07, 6.45) is -1.93. The standard InChI is InChI=1S/C21H25F3N4O3/c1-30-16-7-6-13(10-17(16)31-2)14-11-18(21(22,23)24)28-19(25-14)12-15(26-28)20(29)27-8-4-3-5-9-27/h6-7,10,12,14,18,25H,3-5,8-9,11H2,1-2H3/t14-,18+/m1/s1. The highest BCUT2D eigenvalue weighted by atomic mass is 19.4. The summed E-state index contributed by atoms with van der Waals surface area (Å²) in [4.78, 5) is 14.4. The molecule has 1 fully saturated rings. The molecule has 2 aliphatic rings. The zero-order valence-corrected chi connectivity index (χ0v) is 17.4. The number of halogens is 3. The molecule has 10 heteroatoms. The Morgan fingerprint density at radius 2 is 1.81 bits per heavy atom. The van der Waals surface area contributed by atoms with Gasteiger partial charge >= 0.3 is 6.18 Å². The summed E-state index contributed by atoms with van der Waals surface area (Å²) < 4.78 is 53.1. The molecule has 2 aromatic rings. The van der Waals surface area contributed by atoms with Crippen LogP contribution in [0.3, 0.4) is 0 Å². The van der Waals surface area contributed by atoms with Crippen LogP contribution >= 0.6 is 0 Å². The monoisotopic (exact) mass is 438 g/mol. The van der Waals surface area contributed by atoms with Crippen molar-refractivity contribution in [2.45, 2.75) is 43.9 Å². The lowest BCUT2D eigenvalue weighted by atomic mass is 9.96. The van der Waals surface area contributed by atoms with Crippen molar-refractivity contribution < 1.29 is 27.4 Å². The van der Waals surface area contributed by atoms with Crippen LogP contribution in [0.4, 0.5) is 19.0 Å². The number of fused-ring (bicyclic) bond motifs is 1. The number of hydrogen-bond donors (Lipinski definition) is 1. The first-order valence-corrected chi connectivity index (χ1v) is 10.3. The average Bonchev–Trinajstić information content (AvgIpc) is 3.21. The van der Waals surface area contributed by atoms with Crippen LogP contribution < -0.4 is 14.8 Å². The summed E-state index contributed by atoms with van der Waals surface area (Å²) in [6, 6.07) is 3.98. The molecule has 1 amide bonds. The number of methoxy groups -OCH3 is 2. The van der Waals surface area contributed by atoms with Crippen LogP contribution in [0.2, 0.25) is 0 Å². The van der Waals surface area contributed by atoms with Gasteiger partial charge in [-0.15, -0.1) is 0 Å². The van der Waals surface area contributed by atoms with E-state index in [0.717, 1.165) is 23.9 Å². The molecule has 1 saturated heterocycles. The first-order chi connectivity index (χ1) is 14.8. The van der Waals surface area contributed by atoms with Crippen molar-refractivity contribution in [2.75, 3.05) is 32.6 Å². The Balaban J connectivity index is 1.66.